The quantitative estimate of drug-likeness (QED) is 0.551. The summed E-state index contributed by atoms with van der Waals surface area (Å²) in [5.41, 5.74) is 1.35. The Labute approximate surface area is 143 Å². The van der Waals surface area contributed by atoms with Gasteiger partial charge in [-0.15, -0.1) is 0 Å². The molecule has 0 unspecified atom stereocenters. The second-order valence-electron chi connectivity index (χ2n) is 4.52. The number of nitrogens with zero attached hydrogens (tertiary/aromatic N) is 1. The van der Waals surface area contributed by atoms with Gasteiger partial charge >= 0.3 is 0 Å². The van der Waals surface area contributed by atoms with Crippen LogP contribution in [0.3, 0.4) is 0 Å². The maximum atomic E-state index is 10.4. The molecule has 0 N–H and O–H groups in total. The standard InChI is InChI=1S/C16H13Cl2NO4/c1-22-15-9-11(6-7-19(20)21)8-14(18)16(15)23-10-12-4-2-3-5-13(12)17/h2-9H,10H2,1H3/b7-6+. The van der Waals surface area contributed by atoms with Gasteiger partial charge in [0.1, 0.15) is 6.61 Å². The SMILES string of the molecule is COc1cc(/C=C/[N+](=O)[O-])cc(Cl)c1OCc1ccccc1Cl. The molecule has 0 heterocycles. The van der Waals surface area contributed by atoms with Crippen molar-refractivity contribution in [2.75, 3.05) is 7.11 Å². The van der Waals surface area contributed by atoms with Crippen molar-refractivity contribution in [3.63, 3.8) is 0 Å². The Hall–Kier alpha value is -2.24. The molecule has 5 nitrogen and oxygen atoms in total. The molecule has 0 radical (unpaired) electrons. The summed E-state index contributed by atoms with van der Waals surface area (Å²) >= 11 is 12.3. The van der Waals surface area contributed by atoms with E-state index < -0.39 is 4.92 Å². The van der Waals surface area contributed by atoms with Crippen LogP contribution in [0, 0.1) is 10.1 Å². The molecule has 0 bridgehead atoms. The average Bonchev–Trinajstić information content (AvgIpc) is 2.52. The number of halogens is 2. The number of methoxy groups -OCH3 is 1. The van der Waals surface area contributed by atoms with Gasteiger partial charge in [0.15, 0.2) is 11.5 Å². The van der Waals surface area contributed by atoms with Gasteiger partial charge in [-0.25, -0.2) is 0 Å². The maximum Gasteiger partial charge on any atom is 0.235 e. The van der Waals surface area contributed by atoms with Crippen molar-refractivity contribution >= 4 is 29.3 Å². The molecule has 2 aromatic carbocycles. The smallest absolute Gasteiger partial charge is 0.235 e. The molecule has 2 aromatic rings. The van der Waals surface area contributed by atoms with Crippen molar-refractivity contribution in [1.29, 1.82) is 0 Å². The number of hydrogen-bond donors (Lipinski definition) is 0. The zero-order chi connectivity index (χ0) is 16.8. The Morgan fingerprint density at radius 1 is 1.22 bits per heavy atom. The van der Waals surface area contributed by atoms with Gasteiger partial charge in [0.2, 0.25) is 6.20 Å². The molecule has 0 aliphatic heterocycles. The lowest BCUT2D eigenvalue weighted by Gasteiger charge is -2.13. The summed E-state index contributed by atoms with van der Waals surface area (Å²) in [4.78, 5) is 9.83. The fraction of sp³-hybridized carbons (Fsp3) is 0.125. The Bertz CT molecular complexity index is 747. The molecular weight excluding hydrogens is 341 g/mol. The number of hydrogen-bond acceptors (Lipinski definition) is 4. The van der Waals surface area contributed by atoms with Crippen LogP contribution >= 0.6 is 23.2 Å². The van der Waals surface area contributed by atoms with E-state index in [9.17, 15) is 10.1 Å². The lowest BCUT2D eigenvalue weighted by molar-refractivity contribution is -0.400. The summed E-state index contributed by atoms with van der Waals surface area (Å²) in [5.74, 6) is 0.736. The highest BCUT2D eigenvalue weighted by atomic mass is 35.5. The van der Waals surface area contributed by atoms with E-state index in [0.29, 0.717) is 27.1 Å². The summed E-state index contributed by atoms with van der Waals surface area (Å²) in [7, 11) is 1.47. The van der Waals surface area contributed by atoms with Crippen molar-refractivity contribution in [3.8, 4) is 11.5 Å². The van der Waals surface area contributed by atoms with E-state index in [1.165, 1.54) is 13.2 Å². The minimum absolute atomic E-state index is 0.222. The van der Waals surface area contributed by atoms with Crippen molar-refractivity contribution < 1.29 is 14.4 Å². The van der Waals surface area contributed by atoms with E-state index in [4.69, 9.17) is 32.7 Å². The van der Waals surface area contributed by atoms with Gasteiger partial charge in [0.05, 0.1) is 17.1 Å². The Morgan fingerprint density at radius 3 is 2.61 bits per heavy atom. The molecule has 0 saturated heterocycles. The fourth-order valence-corrected chi connectivity index (χ4v) is 2.35. The highest BCUT2D eigenvalue weighted by Crippen LogP contribution is 2.37. The molecule has 0 aliphatic carbocycles. The summed E-state index contributed by atoms with van der Waals surface area (Å²) in [6.45, 7) is 0.222. The molecule has 7 heteroatoms. The summed E-state index contributed by atoms with van der Waals surface area (Å²) < 4.78 is 11.0. The Balaban J connectivity index is 2.24. The highest BCUT2D eigenvalue weighted by Gasteiger charge is 2.12. The average molecular weight is 354 g/mol. The molecule has 23 heavy (non-hydrogen) atoms. The van der Waals surface area contributed by atoms with Crippen LogP contribution in [-0.4, -0.2) is 12.0 Å². The number of benzene rings is 2. The van der Waals surface area contributed by atoms with Crippen LogP contribution in [0.25, 0.3) is 6.08 Å². The van der Waals surface area contributed by atoms with Crippen molar-refractivity contribution in [2.24, 2.45) is 0 Å². The van der Waals surface area contributed by atoms with Crippen LogP contribution in [0.1, 0.15) is 11.1 Å². The number of rotatable bonds is 6. The van der Waals surface area contributed by atoms with E-state index in [-0.39, 0.29) is 6.61 Å². The van der Waals surface area contributed by atoms with Gasteiger partial charge in [-0.1, -0.05) is 41.4 Å². The predicted octanol–water partition coefficient (Wildman–Crippen LogP) is 4.83. The van der Waals surface area contributed by atoms with Gasteiger partial charge in [-0.3, -0.25) is 10.1 Å². The second-order valence-corrected chi connectivity index (χ2v) is 5.33. The number of nitro groups is 1. The zero-order valence-electron chi connectivity index (χ0n) is 12.2. The monoisotopic (exact) mass is 353 g/mol. The van der Waals surface area contributed by atoms with Gasteiger partial charge in [0, 0.05) is 16.7 Å². The zero-order valence-corrected chi connectivity index (χ0v) is 13.7. The van der Waals surface area contributed by atoms with E-state index in [0.717, 1.165) is 11.8 Å². The molecule has 0 aliphatic rings. The van der Waals surface area contributed by atoms with Crippen molar-refractivity contribution in [1.82, 2.24) is 0 Å². The second kappa shape index (κ2) is 7.85. The lowest BCUT2D eigenvalue weighted by atomic mass is 10.2. The van der Waals surface area contributed by atoms with Crippen LogP contribution in [0.15, 0.2) is 42.6 Å². The molecule has 120 valence electrons. The first kappa shape index (κ1) is 17.1. The third kappa shape index (κ3) is 4.61. The first-order valence-corrected chi connectivity index (χ1v) is 7.32. The lowest BCUT2D eigenvalue weighted by Crippen LogP contribution is -1.99. The molecule has 0 saturated carbocycles. The van der Waals surface area contributed by atoms with Crippen molar-refractivity contribution in [2.45, 2.75) is 6.61 Å². The van der Waals surface area contributed by atoms with Crippen LogP contribution in [0.5, 0.6) is 11.5 Å². The largest absolute Gasteiger partial charge is 0.493 e. The summed E-state index contributed by atoms with van der Waals surface area (Å²) in [6, 6.07) is 10.5. The minimum Gasteiger partial charge on any atom is -0.493 e. The topological polar surface area (TPSA) is 61.6 Å². The van der Waals surface area contributed by atoms with Crippen molar-refractivity contribution in [3.05, 3.63) is 73.9 Å². The van der Waals surface area contributed by atoms with Crippen LogP contribution < -0.4 is 9.47 Å². The van der Waals surface area contributed by atoms with E-state index in [1.807, 2.05) is 18.2 Å². The Morgan fingerprint density at radius 2 is 1.96 bits per heavy atom. The molecular formula is C16H13Cl2NO4. The van der Waals surface area contributed by atoms with Gasteiger partial charge < -0.3 is 9.47 Å². The van der Waals surface area contributed by atoms with E-state index >= 15 is 0 Å². The molecule has 0 atom stereocenters. The maximum absolute atomic E-state index is 10.4. The number of ether oxygens (including phenoxy) is 2. The summed E-state index contributed by atoms with van der Waals surface area (Å²) in [5, 5.41) is 11.3. The fourth-order valence-electron chi connectivity index (χ4n) is 1.89. The highest BCUT2D eigenvalue weighted by molar-refractivity contribution is 6.32. The van der Waals surface area contributed by atoms with Crippen LogP contribution in [0.4, 0.5) is 0 Å². The van der Waals surface area contributed by atoms with E-state index in [2.05, 4.69) is 0 Å². The first-order valence-electron chi connectivity index (χ1n) is 6.56. The van der Waals surface area contributed by atoms with Gasteiger partial charge in [-0.05, 0) is 23.8 Å². The third-order valence-electron chi connectivity index (χ3n) is 2.97. The summed E-state index contributed by atoms with van der Waals surface area (Å²) in [6.07, 6.45) is 2.15. The third-order valence-corrected chi connectivity index (χ3v) is 3.62. The first-order chi connectivity index (χ1) is 11.0. The van der Waals surface area contributed by atoms with Crippen LogP contribution in [-0.2, 0) is 6.61 Å². The van der Waals surface area contributed by atoms with E-state index in [1.54, 1.807) is 18.2 Å². The van der Waals surface area contributed by atoms with Crippen LogP contribution in [0.2, 0.25) is 10.0 Å². The Kier molecular flexibility index (Phi) is 5.84. The van der Waals surface area contributed by atoms with Gasteiger partial charge in [0.25, 0.3) is 0 Å². The molecule has 0 spiro atoms. The van der Waals surface area contributed by atoms with Gasteiger partial charge in [-0.2, -0.15) is 0 Å². The molecule has 2 rings (SSSR count). The predicted molar refractivity (Wildman–Crippen MR) is 89.8 cm³/mol. The molecule has 0 fully saturated rings. The molecule has 0 amide bonds. The normalized spacial score (nSPS) is 10.7. The minimum atomic E-state index is -0.553. The molecule has 0 aromatic heterocycles.